The molecule has 0 fully saturated rings. The van der Waals surface area contributed by atoms with Crippen LogP contribution in [0.2, 0.25) is 5.02 Å². The molecule has 0 aliphatic heterocycles. The first kappa shape index (κ1) is 14.4. The molecule has 4 heteroatoms. The second-order valence-electron chi connectivity index (χ2n) is 4.09. The lowest BCUT2D eigenvalue weighted by Crippen LogP contribution is -2.12. The molecule has 0 aromatic heterocycles. The molecule has 2 aromatic rings. The minimum Gasteiger partial charge on any atom is -0.457 e. The number of benzene rings is 2. The second kappa shape index (κ2) is 6.94. The highest BCUT2D eigenvalue weighted by molar-refractivity contribution is 9.10. The molecule has 2 nitrogen and oxygen atoms in total. The molecule has 0 atom stereocenters. The average molecular weight is 341 g/mol. The van der Waals surface area contributed by atoms with Crippen LogP contribution in [0.25, 0.3) is 0 Å². The first-order valence-corrected chi connectivity index (χ1v) is 7.28. The third kappa shape index (κ3) is 4.23. The summed E-state index contributed by atoms with van der Waals surface area (Å²) in [5.74, 6) is 1.62. The van der Waals surface area contributed by atoms with E-state index in [2.05, 4.69) is 34.2 Å². The number of hydrogen-bond donors (Lipinski definition) is 1. The molecule has 2 aromatic carbocycles. The Balaban J connectivity index is 2.22. The molecular formula is C15H15BrClNO. The molecule has 0 unspecified atom stereocenters. The molecule has 0 spiro atoms. The van der Waals surface area contributed by atoms with E-state index in [4.69, 9.17) is 16.3 Å². The van der Waals surface area contributed by atoms with Crippen molar-refractivity contribution in [3.05, 3.63) is 57.5 Å². The standard InChI is InChI=1S/C15H15BrClNO/c1-2-18-10-11-3-4-12(16)9-15(11)19-14-7-5-13(17)6-8-14/h3-9,18H,2,10H2,1H3. The predicted octanol–water partition coefficient (Wildman–Crippen LogP) is 5.00. The number of nitrogens with one attached hydrogen (secondary N) is 1. The van der Waals surface area contributed by atoms with Crippen molar-refractivity contribution in [2.75, 3.05) is 6.54 Å². The van der Waals surface area contributed by atoms with Crippen LogP contribution in [0.15, 0.2) is 46.9 Å². The van der Waals surface area contributed by atoms with Crippen molar-refractivity contribution in [3.8, 4) is 11.5 Å². The summed E-state index contributed by atoms with van der Waals surface area (Å²) < 4.78 is 6.91. The molecule has 0 radical (unpaired) electrons. The molecular weight excluding hydrogens is 326 g/mol. The average Bonchev–Trinajstić information content (AvgIpc) is 2.40. The SMILES string of the molecule is CCNCc1ccc(Br)cc1Oc1ccc(Cl)cc1. The Morgan fingerprint density at radius 3 is 2.58 bits per heavy atom. The van der Waals surface area contributed by atoms with Crippen molar-refractivity contribution >= 4 is 27.5 Å². The summed E-state index contributed by atoms with van der Waals surface area (Å²) in [4.78, 5) is 0. The number of ether oxygens (including phenoxy) is 1. The molecule has 0 heterocycles. The van der Waals surface area contributed by atoms with E-state index < -0.39 is 0 Å². The van der Waals surface area contributed by atoms with Gasteiger partial charge in [0.15, 0.2) is 0 Å². The smallest absolute Gasteiger partial charge is 0.133 e. The van der Waals surface area contributed by atoms with Gasteiger partial charge in [-0.05, 0) is 42.9 Å². The van der Waals surface area contributed by atoms with Crippen molar-refractivity contribution in [3.63, 3.8) is 0 Å². The van der Waals surface area contributed by atoms with Gasteiger partial charge in [0.1, 0.15) is 11.5 Å². The van der Waals surface area contributed by atoms with Crippen LogP contribution in [0.1, 0.15) is 12.5 Å². The van der Waals surface area contributed by atoms with Crippen LogP contribution in [-0.4, -0.2) is 6.54 Å². The first-order valence-electron chi connectivity index (χ1n) is 6.11. The summed E-state index contributed by atoms with van der Waals surface area (Å²) in [5, 5.41) is 4.01. The third-order valence-electron chi connectivity index (χ3n) is 2.64. The van der Waals surface area contributed by atoms with E-state index in [9.17, 15) is 0 Å². The summed E-state index contributed by atoms with van der Waals surface area (Å²) >= 11 is 9.33. The fourth-order valence-corrected chi connectivity index (χ4v) is 2.12. The highest BCUT2D eigenvalue weighted by atomic mass is 79.9. The van der Waals surface area contributed by atoms with Gasteiger partial charge >= 0.3 is 0 Å². The molecule has 0 aliphatic carbocycles. The zero-order chi connectivity index (χ0) is 13.7. The Bertz CT molecular complexity index is 542. The zero-order valence-electron chi connectivity index (χ0n) is 10.6. The minimum atomic E-state index is 0.703. The summed E-state index contributed by atoms with van der Waals surface area (Å²) in [5.41, 5.74) is 1.12. The van der Waals surface area contributed by atoms with Gasteiger partial charge in [-0.3, -0.25) is 0 Å². The van der Waals surface area contributed by atoms with Crippen LogP contribution < -0.4 is 10.1 Å². The molecule has 0 amide bonds. The van der Waals surface area contributed by atoms with E-state index >= 15 is 0 Å². The van der Waals surface area contributed by atoms with Crippen molar-refractivity contribution in [1.29, 1.82) is 0 Å². The fourth-order valence-electron chi connectivity index (χ4n) is 1.66. The number of halogens is 2. The van der Waals surface area contributed by atoms with Crippen LogP contribution in [0.5, 0.6) is 11.5 Å². The Labute approximate surface area is 126 Å². The van der Waals surface area contributed by atoms with Gasteiger partial charge in [0, 0.05) is 21.6 Å². The van der Waals surface area contributed by atoms with Gasteiger partial charge < -0.3 is 10.1 Å². The van der Waals surface area contributed by atoms with Gasteiger partial charge in [-0.2, -0.15) is 0 Å². The summed E-state index contributed by atoms with van der Waals surface area (Å²) in [7, 11) is 0. The van der Waals surface area contributed by atoms with Crippen molar-refractivity contribution in [2.24, 2.45) is 0 Å². The summed E-state index contributed by atoms with van der Waals surface area (Å²) in [6, 6.07) is 13.4. The summed E-state index contributed by atoms with van der Waals surface area (Å²) in [6.45, 7) is 3.79. The van der Waals surface area contributed by atoms with E-state index in [-0.39, 0.29) is 0 Å². The van der Waals surface area contributed by atoms with Crippen LogP contribution in [0.4, 0.5) is 0 Å². The van der Waals surface area contributed by atoms with Gasteiger partial charge in [-0.25, -0.2) is 0 Å². The monoisotopic (exact) mass is 339 g/mol. The Morgan fingerprint density at radius 1 is 1.16 bits per heavy atom. The molecule has 0 bridgehead atoms. The lowest BCUT2D eigenvalue weighted by Gasteiger charge is -2.12. The van der Waals surface area contributed by atoms with E-state index in [0.29, 0.717) is 5.02 Å². The van der Waals surface area contributed by atoms with E-state index in [1.807, 2.05) is 36.4 Å². The number of rotatable bonds is 5. The van der Waals surface area contributed by atoms with Gasteiger partial charge in [0.25, 0.3) is 0 Å². The van der Waals surface area contributed by atoms with Gasteiger partial charge in [-0.15, -0.1) is 0 Å². The lowest BCUT2D eigenvalue weighted by molar-refractivity contribution is 0.473. The minimum absolute atomic E-state index is 0.703. The summed E-state index contributed by atoms with van der Waals surface area (Å²) in [6.07, 6.45) is 0. The maximum atomic E-state index is 5.91. The third-order valence-corrected chi connectivity index (χ3v) is 3.38. The molecule has 0 saturated heterocycles. The number of hydrogen-bond acceptors (Lipinski definition) is 2. The fraction of sp³-hybridized carbons (Fsp3) is 0.200. The molecule has 1 N–H and O–H groups in total. The van der Waals surface area contributed by atoms with E-state index in [0.717, 1.165) is 34.6 Å². The largest absolute Gasteiger partial charge is 0.457 e. The van der Waals surface area contributed by atoms with Crippen LogP contribution >= 0.6 is 27.5 Å². The van der Waals surface area contributed by atoms with Crippen LogP contribution in [0, 0.1) is 0 Å². The van der Waals surface area contributed by atoms with Gasteiger partial charge in [0.05, 0.1) is 0 Å². The molecule has 0 aliphatic rings. The first-order chi connectivity index (χ1) is 9.19. The Morgan fingerprint density at radius 2 is 1.89 bits per heavy atom. The molecule has 2 rings (SSSR count). The lowest BCUT2D eigenvalue weighted by atomic mass is 10.2. The van der Waals surface area contributed by atoms with Crippen LogP contribution in [-0.2, 0) is 6.54 Å². The quantitative estimate of drug-likeness (QED) is 0.826. The topological polar surface area (TPSA) is 21.3 Å². The maximum Gasteiger partial charge on any atom is 0.133 e. The van der Waals surface area contributed by atoms with Crippen molar-refractivity contribution in [2.45, 2.75) is 13.5 Å². The molecule has 0 saturated carbocycles. The van der Waals surface area contributed by atoms with E-state index in [1.165, 1.54) is 0 Å². The van der Waals surface area contributed by atoms with Gasteiger partial charge in [-0.1, -0.05) is 40.5 Å². The molecule has 19 heavy (non-hydrogen) atoms. The maximum absolute atomic E-state index is 5.91. The Hall–Kier alpha value is -1.03. The second-order valence-corrected chi connectivity index (χ2v) is 5.44. The predicted molar refractivity (Wildman–Crippen MR) is 83.0 cm³/mol. The normalized spacial score (nSPS) is 10.5. The highest BCUT2D eigenvalue weighted by Gasteiger charge is 2.06. The zero-order valence-corrected chi connectivity index (χ0v) is 13.0. The van der Waals surface area contributed by atoms with Crippen LogP contribution in [0.3, 0.4) is 0 Å². The highest BCUT2D eigenvalue weighted by Crippen LogP contribution is 2.29. The van der Waals surface area contributed by atoms with E-state index in [1.54, 1.807) is 0 Å². The van der Waals surface area contributed by atoms with Crippen molar-refractivity contribution in [1.82, 2.24) is 5.32 Å². The van der Waals surface area contributed by atoms with Crippen molar-refractivity contribution < 1.29 is 4.74 Å². The Kier molecular flexibility index (Phi) is 5.25. The van der Waals surface area contributed by atoms with Gasteiger partial charge in [0.2, 0.25) is 0 Å². The molecule has 100 valence electrons.